The van der Waals surface area contributed by atoms with Crippen molar-refractivity contribution in [2.24, 2.45) is 0 Å². The Morgan fingerprint density at radius 1 is 1.13 bits per heavy atom. The molecule has 0 unspecified atom stereocenters. The van der Waals surface area contributed by atoms with Gasteiger partial charge in [-0.15, -0.1) is 0 Å². The first-order chi connectivity index (χ1) is 11.0. The van der Waals surface area contributed by atoms with Crippen molar-refractivity contribution in [2.75, 3.05) is 6.61 Å². The Balaban J connectivity index is 2.29. The highest BCUT2D eigenvalue weighted by molar-refractivity contribution is 5.79. The third kappa shape index (κ3) is 8.45. The SMILES string of the molecule is CC(=O)OCCCC[C@H](NC(=O)OCc1ccccc1)C(=O)O. The second kappa shape index (κ2) is 10.2. The molecule has 0 bridgehead atoms. The van der Waals surface area contributed by atoms with Gasteiger partial charge >= 0.3 is 18.0 Å². The topological polar surface area (TPSA) is 102 Å². The highest BCUT2D eigenvalue weighted by atomic mass is 16.5. The fraction of sp³-hybridized carbons (Fsp3) is 0.438. The van der Waals surface area contributed by atoms with Gasteiger partial charge in [-0.1, -0.05) is 30.3 Å². The number of unbranched alkanes of at least 4 members (excludes halogenated alkanes) is 1. The predicted molar refractivity (Wildman–Crippen MR) is 81.7 cm³/mol. The zero-order valence-corrected chi connectivity index (χ0v) is 13.0. The summed E-state index contributed by atoms with van der Waals surface area (Å²) in [5.74, 6) is -1.50. The maximum Gasteiger partial charge on any atom is 0.408 e. The van der Waals surface area contributed by atoms with Gasteiger partial charge in [0.1, 0.15) is 12.6 Å². The van der Waals surface area contributed by atoms with E-state index in [0.29, 0.717) is 12.8 Å². The molecule has 1 amide bonds. The van der Waals surface area contributed by atoms with Gasteiger partial charge in [-0.05, 0) is 24.8 Å². The Hall–Kier alpha value is -2.57. The number of ether oxygens (including phenoxy) is 2. The van der Waals surface area contributed by atoms with E-state index in [4.69, 9.17) is 14.6 Å². The van der Waals surface area contributed by atoms with Gasteiger partial charge in [0.05, 0.1) is 6.61 Å². The van der Waals surface area contributed by atoms with Gasteiger partial charge in [-0.2, -0.15) is 0 Å². The van der Waals surface area contributed by atoms with Crippen molar-refractivity contribution in [3.8, 4) is 0 Å². The summed E-state index contributed by atoms with van der Waals surface area (Å²) in [6.45, 7) is 1.62. The second-order valence-electron chi connectivity index (χ2n) is 4.93. The van der Waals surface area contributed by atoms with Gasteiger partial charge in [-0.25, -0.2) is 9.59 Å². The summed E-state index contributed by atoms with van der Waals surface area (Å²) in [5, 5.41) is 11.4. The minimum absolute atomic E-state index is 0.0749. The van der Waals surface area contributed by atoms with Crippen LogP contribution in [-0.4, -0.2) is 35.8 Å². The molecule has 7 nitrogen and oxygen atoms in total. The molecule has 1 atom stereocenters. The molecule has 7 heteroatoms. The van der Waals surface area contributed by atoms with Crippen LogP contribution in [0.25, 0.3) is 0 Å². The Bertz CT molecular complexity index is 517. The van der Waals surface area contributed by atoms with Crippen molar-refractivity contribution in [3.63, 3.8) is 0 Å². The Labute approximate surface area is 134 Å². The molecular weight excluding hydrogens is 302 g/mol. The molecule has 0 aliphatic heterocycles. The molecule has 0 saturated carbocycles. The molecule has 0 aromatic heterocycles. The number of nitrogens with one attached hydrogen (secondary N) is 1. The van der Waals surface area contributed by atoms with Crippen LogP contribution in [0.5, 0.6) is 0 Å². The number of carbonyl (C=O) groups is 3. The van der Waals surface area contributed by atoms with Gasteiger partial charge in [-0.3, -0.25) is 4.79 Å². The highest BCUT2D eigenvalue weighted by Crippen LogP contribution is 2.04. The summed E-state index contributed by atoms with van der Waals surface area (Å²) in [7, 11) is 0. The van der Waals surface area contributed by atoms with Crippen LogP contribution in [0.1, 0.15) is 31.7 Å². The third-order valence-corrected chi connectivity index (χ3v) is 3.00. The number of benzene rings is 1. The van der Waals surface area contributed by atoms with E-state index in [-0.39, 0.29) is 25.6 Å². The van der Waals surface area contributed by atoms with Crippen LogP contribution < -0.4 is 5.32 Å². The number of hydrogen-bond acceptors (Lipinski definition) is 5. The van der Waals surface area contributed by atoms with E-state index in [0.717, 1.165) is 5.56 Å². The number of alkyl carbamates (subject to hydrolysis) is 1. The van der Waals surface area contributed by atoms with Crippen molar-refractivity contribution in [1.82, 2.24) is 5.32 Å². The van der Waals surface area contributed by atoms with Crippen LogP contribution in [0.3, 0.4) is 0 Å². The van der Waals surface area contributed by atoms with Crippen LogP contribution in [0, 0.1) is 0 Å². The molecule has 23 heavy (non-hydrogen) atoms. The lowest BCUT2D eigenvalue weighted by molar-refractivity contribution is -0.142. The van der Waals surface area contributed by atoms with Crippen LogP contribution >= 0.6 is 0 Å². The fourth-order valence-corrected chi connectivity index (χ4v) is 1.83. The Morgan fingerprint density at radius 3 is 2.43 bits per heavy atom. The maximum atomic E-state index is 11.6. The monoisotopic (exact) mass is 323 g/mol. The van der Waals surface area contributed by atoms with E-state index in [1.165, 1.54) is 6.92 Å². The van der Waals surface area contributed by atoms with E-state index < -0.39 is 18.1 Å². The number of carboxylic acids is 1. The minimum atomic E-state index is -1.13. The number of aliphatic carboxylic acids is 1. The molecule has 0 aliphatic rings. The molecule has 2 N–H and O–H groups in total. The zero-order chi connectivity index (χ0) is 17.1. The minimum Gasteiger partial charge on any atom is -0.480 e. The van der Waals surface area contributed by atoms with E-state index >= 15 is 0 Å². The zero-order valence-electron chi connectivity index (χ0n) is 13.0. The molecule has 0 fully saturated rings. The van der Waals surface area contributed by atoms with Gasteiger partial charge in [0, 0.05) is 6.92 Å². The van der Waals surface area contributed by atoms with E-state index in [1.54, 1.807) is 12.1 Å². The standard InChI is InChI=1S/C16H21NO6/c1-12(18)22-10-6-5-9-14(15(19)20)17-16(21)23-11-13-7-3-2-4-8-13/h2-4,7-8,14H,5-6,9-11H2,1H3,(H,17,21)(H,19,20)/t14-/m0/s1. The van der Waals surface area contributed by atoms with Crippen LogP contribution in [0.2, 0.25) is 0 Å². The summed E-state index contributed by atoms with van der Waals surface area (Å²) in [4.78, 5) is 33.4. The number of esters is 1. The molecule has 1 rings (SSSR count). The van der Waals surface area contributed by atoms with Crippen LogP contribution in [0.15, 0.2) is 30.3 Å². The second-order valence-corrected chi connectivity index (χ2v) is 4.93. The lowest BCUT2D eigenvalue weighted by Gasteiger charge is -2.14. The van der Waals surface area contributed by atoms with Crippen molar-refractivity contribution in [2.45, 2.75) is 38.8 Å². The molecule has 0 radical (unpaired) electrons. The number of hydrogen-bond donors (Lipinski definition) is 2. The van der Waals surface area contributed by atoms with Crippen molar-refractivity contribution in [1.29, 1.82) is 0 Å². The Morgan fingerprint density at radius 2 is 1.83 bits per heavy atom. The molecule has 0 spiro atoms. The summed E-state index contributed by atoms with van der Waals surface area (Å²) in [6, 6.07) is 8.06. The van der Waals surface area contributed by atoms with Gasteiger partial charge in [0.2, 0.25) is 0 Å². The fourth-order valence-electron chi connectivity index (χ4n) is 1.83. The first-order valence-electron chi connectivity index (χ1n) is 7.32. The summed E-state index contributed by atoms with van der Waals surface area (Å²) in [6.07, 6.45) is 0.492. The molecule has 126 valence electrons. The van der Waals surface area contributed by atoms with Gasteiger partial charge < -0.3 is 19.9 Å². The largest absolute Gasteiger partial charge is 0.480 e. The van der Waals surface area contributed by atoms with E-state index in [1.807, 2.05) is 18.2 Å². The summed E-state index contributed by atoms with van der Waals surface area (Å²) < 4.78 is 9.74. The van der Waals surface area contributed by atoms with E-state index in [2.05, 4.69) is 5.32 Å². The normalized spacial score (nSPS) is 11.3. The molecule has 1 aromatic rings. The van der Waals surface area contributed by atoms with Crippen molar-refractivity contribution in [3.05, 3.63) is 35.9 Å². The highest BCUT2D eigenvalue weighted by Gasteiger charge is 2.20. The van der Waals surface area contributed by atoms with Crippen LogP contribution in [-0.2, 0) is 25.7 Å². The summed E-state index contributed by atoms with van der Waals surface area (Å²) >= 11 is 0. The lowest BCUT2D eigenvalue weighted by atomic mass is 10.1. The average Bonchev–Trinajstić information content (AvgIpc) is 2.52. The average molecular weight is 323 g/mol. The Kier molecular flexibility index (Phi) is 8.20. The first-order valence-corrected chi connectivity index (χ1v) is 7.32. The maximum absolute atomic E-state index is 11.6. The van der Waals surface area contributed by atoms with Gasteiger partial charge in [0.25, 0.3) is 0 Å². The third-order valence-electron chi connectivity index (χ3n) is 3.00. The molecular formula is C16H21NO6. The van der Waals surface area contributed by atoms with Gasteiger partial charge in [0.15, 0.2) is 0 Å². The number of amides is 1. The van der Waals surface area contributed by atoms with E-state index in [9.17, 15) is 14.4 Å². The van der Waals surface area contributed by atoms with Crippen molar-refractivity contribution < 1.29 is 29.0 Å². The number of rotatable bonds is 9. The number of carboxylic acid groups (broad SMARTS) is 1. The van der Waals surface area contributed by atoms with Crippen molar-refractivity contribution >= 4 is 18.0 Å². The molecule has 0 saturated heterocycles. The first kappa shape index (κ1) is 18.5. The van der Waals surface area contributed by atoms with Crippen LogP contribution in [0.4, 0.5) is 4.79 Å². The molecule has 1 aromatic carbocycles. The quantitative estimate of drug-likeness (QED) is 0.533. The predicted octanol–water partition coefficient (Wildman–Crippen LogP) is 2.10. The number of carbonyl (C=O) groups excluding carboxylic acids is 2. The smallest absolute Gasteiger partial charge is 0.408 e. The lowest BCUT2D eigenvalue weighted by Crippen LogP contribution is -2.41. The molecule has 0 heterocycles. The molecule has 0 aliphatic carbocycles. The summed E-state index contributed by atoms with van der Waals surface area (Å²) in [5.41, 5.74) is 0.816.